The number of nitrogens with zero attached hydrogens (tertiary/aromatic N) is 2. The van der Waals surface area contributed by atoms with Crippen molar-refractivity contribution in [2.24, 2.45) is 0 Å². The number of fused-ring (bicyclic) bond motifs is 1. The predicted molar refractivity (Wildman–Crippen MR) is 119 cm³/mol. The van der Waals surface area contributed by atoms with Gasteiger partial charge in [0.2, 0.25) is 0 Å². The molecule has 32 heavy (non-hydrogen) atoms. The second-order valence-electron chi connectivity index (χ2n) is 7.75. The Morgan fingerprint density at radius 3 is 2.59 bits per heavy atom. The number of carbonyl (C=O) groups excluding carboxylic acids is 1. The highest BCUT2D eigenvalue weighted by Gasteiger charge is 2.19. The van der Waals surface area contributed by atoms with Crippen molar-refractivity contribution in [2.75, 3.05) is 6.61 Å². The first-order valence-corrected chi connectivity index (χ1v) is 10.2. The summed E-state index contributed by atoms with van der Waals surface area (Å²) < 4.78 is 14.6. The van der Waals surface area contributed by atoms with Gasteiger partial charge in [-0.1, -0.05) is 24.3 Å². The van der Waals surface area contributed by atoms with Gasteiger partial charge in [0.05, 0.1) is 17.9 Å². The summed E-state index contributed by atoms with van der Waals surface area (Å²) >= 11 is 0. The van der Waals surface area contributed by atoms with Crippen molar-refractivity contribution in [3.05, 3.63) is 93.3 Å². The van der Waals surface area contributed by atoms with Gasteiger partial charge in [-0.15, -0.1) is 0 Å². The molecule has 0 saturated carbocycles. The maximum Gasteiger partial charge on any atom is 0.274 e. The smallest absolute Gasteiger partial charge is 0.274 e. The van der Waals surface area contributed by atoms with Gasteiger partial charge in [-0.05, 0) is 60.7 Å². The monoisotopic (exact) mass is 434 g/mol. The van der Waals surface area contributed by atoms with Crippen molar-refractivity contribution in [3.8, 4) is 11.3 Å². The fourth-order valence-electron chi connectivity index (χ4n) is 3.55. The summed E-state index contributed by atoms with van der Waals surface area (Å²) in [6, 6.07) is 12.5. The highest BCUT2D eigenvalue weighted by molar-refractivity contribution is 5.93. The molecular weight excluding hydrogens is 411 g/mol. The van der Waals surface area contributed by atoms with Crippen LogP contribution in [0, 0.1) is 19.7 Å². The Bertz CT molecular complexity index is 1340. The van der Waals surface area contributed by atoms with E-state index in [0.29, 0.717) is 11.3 Å². The Hall–Kier alpha value is -3.78. The molecule has 0 saturated heterocycles. The molecule has 7 nitrogen and oxygen atoms in total. The van der Waals surface area contributed by atoms with E-state index in [1.165, 1.54) is 22.7 Å². The number of aryl methyl sites for hydroxylation is 2. The quantitative estimate of drug-likeness (QED) is 0.434. The van der Waals surface area contributed by atoms with Crippen LogP contribution in [0.5, 0.6) is 0 Å². The van der Waals surface area contributed by atoms with E-state index in [1.54, 1.807) is 18.3 Å². The van der Waals surface area contributed by atoms with Gasteiger partial charge >= 0.3 is 0 Å². The summed E-state index contributed by atoms with van der Waals surface area (Å²) in [5.74, 6) is -0.884. The lowest BCUT2D eigenvalue weighted by molar-refractivity contribution is 0.0924. The van der Waals surface area contributed by atoms with Crippen molar-refractivity contribution in [1.82, 2.24) is 19.9 Å². The van der Waals surface area contributed by atoms with Gasteiger partial charge in [0.1, 0.15) is 11.3 Å². The van der Waals surface area contributed by atoms with Gasteiger partial charge in [0, 0.05) is 12.7 Å². The van der Waals surface area contributed by atoms with Crippen LogP contribution in [-0.4, -0.2) is 32.2 Å². The summed E-state index contributed by atoms with van der Waals surface area (Å²) in [6.45, 7) is 3.85. The number of aliphatic hydroxyl groups is 1. The molecule has 0 fully saturated rings. The normalized spacial score (nSPS) is 12.1. The maximum atomic E-state index is 13.2. The Morgan fingerprint density at radius 1 is 1.16 bits per heavy atom. The number of aromatic nitrogens is 3. The van der Waals surface area contributed by atoms with Crippen LogP contribution in [0.2, 0.25) is 0 Å². The number of rotatable bonds is 6. The Morgan fingerprint density at radius 2 is 1.91 bits per heavy atom. The van der Waals surface area contributed by atoms with Gasteiger partial charge in [-0.25, -0.2) is 8.91 Å². The van der Waals surface area contributed by atoms with Crippen LogP contribution in [-0.2, 0) is 0 Å². The number of halogens is 1. The molecule has 1 unspecified atom stereocenters. The first-order valence-electron chi connectivity index (χ1n) is 10.2. The van der Waals surface area contributed by atoms with Gasteiger partial charge in [-0.2, -0.15) is 5.10 Å². The van der Waals surface area contributed by atoms with Crippen LogP contribution < -0.4 is 10.9 Å². The molecule has 2 aromatic heterocycles. The molecule has 3 N–H and O–H groups in total. The zero-order chi connectivity index (χ0) is 22.8. The third-order valence-electron chi connectivity index (χ3n) is 5.51. The standard InChI is InChI=1S/C24H23FN4O3/c1-14-3-4-17(11-15(14)2)21-13-29-22(24(32)27-21)12-20(28-29)23(31)26-19(9-10-30)16-5-7-18(25)8-6-16/h3-8,11-13,19,30H,9-10H2,1-2H3,(H,26,31)(H,27,32). The number of hydrogen-bond donors (Lipinski definition) is 3. The number of nitrogens with one attached hydrogen (secondary N) is 2. The molecule has 0 bridgehead atoms. The second kappa shape index (κ2) is 8.76. The fraction of sp³-hybridized carbons (Fsp3) is 0.208. The Labute approximate surface area is 183 Å². The number of amides is 1. The minimum atomic E-state index is -0.526. The van der Waals surface area contributed by atoms with E-state index >= 15 is 0 Å². The van der Waals surface area contributed by atoms with E-state index in [1.807, 2.05) is 32.0 Å². The van der Waals surface area contributed by atoms with Gasteiger partial charge in [0.25, 0.3) is 11.5 Å². The zero-order valence-corrected chi connectivity index (χ0v) is 17.7. The second-order valence-corrected chi connectivity index (χ2v) is 7.75. The average Bonchev–Trinajstić information content (AvgIpc) is 3.21. The number of carbonyl (C=O) groups is 1. The average molecular weight is 434 g/mol. The molecular formula is C24H23FN4O3. The number of benzene rings is 2. The van der Waals surface area contributed by atoms with Crippen LogP contribution in [0.3, 0.4) is 0 Å². The minimum Gasteiger partial charge on any atom is -0.396 e. The van der Waals surface area contributed by atoms with Crippen molar-refractivity contribution < 1.29 is 14.3 Å². The predicted octanol–water partition coefficient (Wildman–Crippen LogP) is 3.30. The van der Waals surface area contributed by atoms with Crippen molar-refractivity contribution in [2.45, 2.75) is 26.3 Å². The Balaban J connectivity index is 1.64. The van der Waals surface area contributed by atoms with Crippen LogP contribution in [0.15, 0.2) is 59.5 Å². The van der Waals surface area contributed by atoms with Gasteiger partial charge in [0.15, 0.2) is 5.69 Å². The number of H-pyrrole nitrogens is 1. The lowest BCUT2D eigenvalue weighted by Crippen LogP contribution is -2.29. The summed E-state index contributed by atoms with van der Waals surface area (Å²) in [7, 11) is 0. The highest BCUT2D eigenvalue weighted by Crippen LogP contribution is 2.21. The molecule has 2 heterocycles. The van der Waals surface area contributed by atoms with Crippen LogP contribution in [0.1, 0.15) is 39.6 Å². The molecule has 0 aliphatic rings. The van der Waals surface area contributed by atoms with E-state index in [2.05, 4.69) is 15.4 Å². The van der Waals surface area contributed by atoms with Crippen molar-refractivity contribution in [1.29, 1.82) is 0 Å². The molecule has 8 heteroatoms. The molecule has 0 radical (unpaired) electrons. The number of hydrogen-bond acceptors (Lipinski definition) is 4. The molecule has 1 amide bonds. The van der Waals surface area contributed by atoms with Crippen LogP contribution >= 0.6 is 0 Å². The molecule has 2 aromatic carbocycles. The van der Waals surface area contributed by atoms with Gasteiger partial charge < -0.3 is 15.4 Å². The summed E-state index contributed by atoms with van der Waals surface area (Å²) in [6.07, 6.45) is 1.92. The zero-order valence-electron chi connectivity index (χ0n) is 17.7. The third-order valence-corrected chi connectivity index (χ3v) is 5.51. The fourth-order valence-corrected chi connectivity index (χ4v) is 3.55. The van der Waals surface area contributed by atoms with Gasteiger partial charge in [-0.3, -0.25) is 9.59 Å². The first-order chi connectivity index (χ1) is 15.4. The largest absolute Gasteiger partial charge is 0.396 e. The molecule has 4 rings (SSSR count). The number of aromatic amines is 1. The summed E-state index contributed by atoms with van der Waals surface area (Å²) in [5, 5.41) is 16.5. The number of aliphatic hydroxyl groups excluding tert-OH is 1. The van der Waals surface area contributed by atoms with Crippen LogP contribution in [0.4, 0.5) is 4.39 Å². The SMILES string of the molecule is Cc1ccc(-c2cn3nc(C(=O)NC(CCO)c4ccc(F)cc4)cc3c(=O)[nH]2)cc1C. The molecule has 4 aromatic rings. The minimum absolute atomic E-state index is 0.0674. The van der Waals surface area contributed by atoms with E-state index in [4.69, 9.17) is 0 Å². The lowest BCUT2D eigenvalue weighted by Gasteiger charge is -2.17. The van der Waals surface area contributed by atoms with Crippen molar-refractivity contribution in [3.63, 3.8) is 0 Å². The molecule has 164 valence electrons. The van der Waals surface area contributed by atoms with Crippen molar-refractivity contribution >= 4 is 11.4 Å². The first kappa shape index (κ1) is 21.5. The summed E-state index contributed by atoms with van der Waals surface area (Å²) in [4.78, 5) is 28.3. The highest BCUT2D eigenvalue weighted by atomic mass is 19.1. The molecule has 0 aliphatic carbocycles. The van der Waals surface area contributed by atoms with E-state index in [-0.39, 0.29) is 35.6 Å². The molecule has 1 atom stereocenters. The summed E-state index contributed by atoms with van der Waals surface area (Å²) in [5.41, 5.74) is 4.28. The molecule has 0 spiro atoms. The van der Waals surface area contributed by atoms with E-state index in [0.717, 1.165) is 16.7 Å². The molecule has 0 aliphatic heterocycles. The topological polar surface area (TPSA) is 99.5 Å². The third kappa shape index (κ3) is 4.31. The Kier molecular flexibility index (Phi) is 5.87. The van der Waals surface area contributed by atoms with E-state index < -0.39 is 11.9 Å². The van der Waals surface area contributed by atoms with E-state index in [9.17, 15) is 19.1 Å². The lowest BCUT2D eigenvalue weighted by atomic mass is 10.0. The maximum absolute atomic E-state index is 13.2. The van der Waals surface area contributed by atoms with Crippen LogP contribution in [0.25, 0.3) is 16.8 Å².